The normalized spacial score (nSPS) is 10.6. The topological polar surface area (TPSA) is 47.1 Å². The Balaban J connectivity index is 2.06. The molecular weight excluding hydrogens is 248 g/mol. The molecule has 5 heteroatoms. The highest BCUT2D eigenvalue weighted by Crippen LogP contribution is 2.25. The summed E-state index contributed by atoms with van der Waals surface area (Å²) in [6.07, 6.45) is 4.62. The van der Waals surface area contributed by atoms with Gasteiger partial charge in [-0.25, -0.2) is 4.98 Å². The number of nitrogens with two attached hydrogens (primary N) is 1. The van der Waals surface area contributed by atoms with E-state index in [0.717, 1.165) is 30.2 Å². The van der Waals surface area contributed by atoms with Gasteiger partial charge >= 0.3 is 0 Å². The average Bonchev–Trinajstić information content (AvgIpc) is 2.75. The molecule has 0 atom stereocenters. The second kappa shape index (κ2) is 5.31. The fraction of sp³-hybridized carbons (Fsp3) is 0.308. The van der Waals surface area contributed by atoms with E-state index < -0.39 is 0 Å². The van der Waals surface area contributed by atoms with Crippen LogP contribution in [0.4, 0.5) is 11.4 Å². The van der Waals surface area contributed by atoms with Gasteiger partial charge in [0.05, 0.1) is 11.4 Å². The van der Waals surface area contributed by atoms with Crippen LogP contribution < -0.4 is 10.6 Å². The molecule has 18 heavy (non-hydrogen) atoms. The standard InChI is InChI=1S/C13H17ClN4/c1-17(7-5-13-16-6-8-18(13)2)12-9-10(14)3-4-11(12)15/h3-4,6,8-9H,5,7,15H2,1-2H3. The monoisotopic (exact) mass is 264 g/mol. The summed E-state index contributed by atoms with van der Waals surface area (Å²) in [4.78, 5) is 6.39. The van der Waals surface area contributed by atoms with Crippen molar-refractivity contribution in [2.45, 2.75) is 6.42 Å². The molecule has 0 saturated carbocycles. The summed E-state index contributed by atoms with van der Waals surface area (Å²) in [5.74, 6) is 1.06. The van der Waals surface area contributed by atoms with Crippen LogP contribution in [-0.2, 0) is 13.5 Å². The van der Waals surface area contributed by atoms with Crippen molar-refractivity contribution in [1.29, 1.82) is 0 Å². The van der Waals surface area contributed by atoms with Crippen LogP contribution in [0.3, 0.4) is 0 Å². The zero-order valence-corrected chi connectivity index (χ0v) is 11.4. The zero-order chi connectivity index (χ0) is 13.1. The Hall–Kier alpha value is -1.68. The summed E-state index contributed by atoms with van der Waals surface area (Å²) in [6.45, 7) is 0.843. The molecule has 0 aliphatic rings. The van der Waals surface area contributed by atoms with Gasteiger partial charge in [0.1, 0.15) is 5.82 Å². The van der Waals surface area contributed by atoms with Crippen molar-refractivity contribution >= 4 is 23.0 Å². The van der Waals surface area contributed by atoms with Gasteiger partial charge in [-0.2, -0.15) is 0 Å². The Morgan fingerprint density at radius 1 is 1.44 bits per heavy atom. The molecule has 2 rings (SSSR count). The van der Waals surface area contributed by atoms with Gasteiger partial charge in [0.2, 0.25) is 0 Å². The molecule has 0 bridgehead atoms. The van der Waals surface area contributed by atoms with Crippen molar-refractivity contribution in [3.05, 3.63) is 41.4 Å². The minimum atomic E-state index is 0.697. The summed E-state index contributed by atoms with van der Waals surface area (Å²) in [7, 11) is 4.00. The fourth-order valence-electron chi connectivity index (χ4n) is 1.87. The quantitative estimate of drug-likeness (QED) is 0.863. The van der Waals surface area contributed by atoms with Gasteiger partial charge in [0.15, 0.2) is 0 Å². The second-order valence-electron chi connectivity index (χ2n) is 4.33. The SMILES string of the molecule is CN(CCc1nccn1C)c1cc(Cl)ccc1N. The Labute approximate surface area is 112 Å². The third kappa shape index (κ3) is 2.76. The maximum Gasteiger partial charge on any atom is 0.110 e. The van der Waals surface area contributed by atoms with Crippen LogP contribution in [0.2, 0.25) is 5.02 Å². The summed E-state index contributed by atoms with van der Waals surface area (Å²) in [6, 6.07) is 5.51. The van der Waals surface area contributed by atoms with Crippen LogP contribution in [0.15, 0.2) is 30.6 Å². The summed E-state index contributed by atoms with van der Waals surface area (Å²) < 4.78 is 2.02. The molecule has 96 valence electrons. The maximum atomic E-state index is 5.99. The minimum Gasteiger partial charge on any atom is -0.397 e. The summed E-state index contributed by atoms with van der Waals surface area (Å²) in [5.41, 5.74) is 7.64. The van der Waals surface area contributed by atoms with E-state index in [9.17, 15) is 0 Å². The first-order valence-electron chi connectivity index (χ1n) is 5.80. The highest BCUT2D eigenvalue weighted by Gasteiger charge is 2.07. The smallest absolute Gasteiger partial charge is 0.110 e. The Bertz CT molecular complexity index is 536. The molecule has 0 fully saturated rings. The molecule has 0 aliphatic carbocycles. The van der Waals surface area contributed by atoms with E-state index in [1.54, 1.807) is 6.07 Å². The predicted molar refractivity (Wildman–Crippen MR) is 76.0 cm³/mol. The van der Waals surface area contributed by atoms with E-state index in [-0.39, 0.29) is 0 Å². The number of rotatable bonds is 4. The number of halogens is 1. The molecule has 4 nitrogen and oxygen atoms in total. The molecule has 0 amide bonds. The number of nitrogen functional groups attached to an aromatic ring is 1. The van der Waals surface area contributed by atoms with E-state index in [1.807, 2.05) is 43.2 Å². The second-order valence-corrected chi connectivity index (χ2v) is 4.77. The molecule has 2 aromatic rings. The Morgan fingerprint density at radius 3 is 2.89 bits per heavy atom. The van der Waals surface area contributed by atoms with Crippen LogP contribution in [0, 0.1) is 0 Å². The number of imidazole rings is 1. The lowest BCUT2D eigenvalue weighted by Crippen LogP contribution is -2.22. The number of hydrogen-bond acceptors (Lipinski definition) is 3. The lowest BCUT2D eigenvalue weighted by Gasteiger charge is -2.21. The lowest BCUT2D eigenvalue weighted by atomic mass is 10.2. The molecule has 1 heterocycles. The van der Waals surface area contributed by atoms with Crippen LogP contribution in [0.25, 0.3) is 0 Å². The number of hydrogen-bond donors (Lipinski definition) is 1. The molecule has 0 aliphatic heterocycles. The number of anilines is 2. The van der Waals surface area contributed by atoms with Crippen molar-refractivity contribution in [3.63, 3.8) is 0 Å². The van der Waals surface area contributed by atoms with Crippen LogP contribution in [0.5, 0.6) is 0 Å². The number of aromatic nitrogens is 2. The van der Waals surface area contributed by atoms with Gasteiger partial charge in [-0.05, 0) is 18.2 Å². The number of benzene rings is 1. The minimum absolute atomic E-state index is 0.697. The van der Waals surface area contributed by atoms with Gasteiger partial charge in [-0.15, -0.1) is 0 Å². The first-order chi connectivity index (χ1) is 8.58. The molecule has 1 aromatic heterocycles. The number of aryl methyl sites for hydroxylation is 1. The molecule has 0 radical (unpaired) electrons. The van der Waals surface area contributed by atoms with Gasteiger partial charge in [-0.1, -0.05) is 11.6 Å². The van der Waals surface area contributed by atoms with E-state index >= 15 is 0 Å². The van der Waals surface area contributed by atoms with Crippen molar-refractivity contribution in [3.8, 4) is 0 Å². The van der Waals surface area contributed by atoms with Crippen molar-refractivity contribution < 1.29 is 0 Å². The molecule has 0 unspecified atom stereocenters. The van der Waals surface area contributed by atoms with E-state index in [1.165, 1.54) is 0 Å². The van der Waals surface area contributed by atoms with E-state index in [2.05, 4.69) is 9.88 Å². The van der Waals surface area contributed by atoms with Gasteiger partial charge in [0.25, 0.3) is 0 Å². The molecule has 1 aromatic carbocycles. The van der Waals surface area contributed by atoms with Crippen LogP contribution in [-0.4, -0.2) is 23.1 Å². The predicted octanol–water partition coefficient (Wildman–Crippen LogP) is 2.33. The van der Waals surface area contributed by atoms with Gasteiger partial charge in [0, 0.05) is 44.5 Å². The summed E-state index contributed by atoms with van der Waals surface area (Å²) >= 11 is 5.99. The first kappa shape index (κ1) is 12.8. The van der Waals surface area contributed by atoms with Gasteiger partial charge < -0.3 is 15.2 Å². The van der Waals surface area contributed by atoms with E-state index in [0.29, 0.717) is 5.02 Å². The zero-order valence-electron chi connectivity index (χ0n) is 10.6. The Morgan fingerprint density at radius 2 is 2.22 bits per heavy atom. The number of likely N-dealkylation sites (N-methyl/N-ethyl adjacent to an activating group) is 1. The largest absolute Gasteiger partial charge is 0.397 e. The lowest BCUT2D eigenvalue weighted by molar-refractivity contribution is 0.757. The van der Waals surface area contributed by atoms with Crippen LogP contribution >= 0.6 is 11.6 Å². The highest BCUT2D eigenvalue weighted by atomic mass is 35.5. The number of nitrogens with zero attached hydrogens (tertiary/aromatic N) is 3. The first-order valence-corrected chi connectivity index (χ1v) is 6.18. The third-order valence-corrected chi connectivity index (χ3v) is 3.23. The fourth-order valence-corrected chi connectivity index (χ4v) is 2.04. The third-order valence-electron chi connectivity index (χ3n) is 3.00. The molecule has 0 saturated heterocycles. The van der Waals surface area contributed by atoms with Crippen molar-refractivity contribution in [2.24, 2.45) is 7.05 Å². The molecular formula is C13H17ClN4. The maximum absolute atomic E-state index is 5.99. The average molecular weight is 265 g/mol. The molecule has 0 spiro atoms. The Kier molecular flexibility index (Phi) is 3.77. The van der Waals surface area contributed by atoms with Crippen LogP contribution in [0.1, 0.15) is 5.82 Å². The van der Waals surface area contributed by atoms with Gasteiger partial charge in [-0.3, -0.25) is 0 Å². The molecule has 2 N–H and O–H groups in total. The van der Waals surface area contributed by atoms with Crippen molar-refractivity contribution in [1.82, 2.24) is 9.55 Å². The van der Waals surface area contributed by atoms with Crippen molar-refractivity contribution in [2.75, 3.05) is 24.2 Å². The van der Waals surface area contributed by atoms with E-state index in [4.69, 9.17) is 17.3 Å². The summed E-state index contributed by atoms with van der Waals surface area (Å²) in [5, 5.41) is 0.697. The highest BCUT2D eigenvalue weighted by molar-refractivity contribution is 6.31.